The molecule has 0 N–H and O–H groups in total. The largest absolute Gasteiger partial charge is 2.00 e. The van der Waals surface area contributed by atoms with Crippen LogP contribution in [0.2, 0.25) is 0 Å². The summed E-state index contributed by atoms with van der Waals surface area (Å²) in [5, 5.41) is 47.0. The molecule has 0 aliphatic carbocycles. The van der Waals surface area contributed by atoms with E-state index in [9.17, 15) is 20.4 Å². The van der Waals surface area contributed by atoms with E-state index in [1.165, 1.54) is 103 Å². The number of hydrogen-bond acceptors (Lipinski definition) is 8. The average molecular weight is 1520 g/mol. The fraction of sp³-hybridized carbons (Fsp3) is 0.462. The van der Waals surface area contributed by atoms with Gasteiger partial charge in [0.1, 0.15) is 0 Å². The second-order valence-electron chi connectivity index (χ2n) is 15.9. The third-order valence-corrected chi connectivity index (χ3v) is 12.4. The smallest absolute Gasteiger partial charge is 0.872 e. The molecule has 0 bridgehead atoms. The fourth-order valence-corrected chi connectivity index (χ4v) is 8.11. The third kappa shape index (κ3) is 29.8. The summed E-state index contributed by atoms with van der Waals surface area (Å²) in [6, 6.07) is 21.0. The number of aliphatic imine (C=N–C) groups is 4. The SMILES string of the molecule is [O-]c1cc(Br)ccc1C=NCCCCCCCCCCCCN=Cc1ccc(Br)cc1[O-].[O-]c1cc(Br)ccc1C=NCCCCCCCCCCCCN=Cc1ccc(Br)cc1[O-].[Pt+2].[Pt+2]. The molecule has 4 aromatic carbocycles. The van der Waals surface area contributed by atoms with Gasteiger partial charge in [0, 0.05) is 68.9 Å². The molecule has 0 unspecified atom stereocenters. The summed E-state index contributed by atoms with van der Waals surface area (Å²) in [6.45, 7) is 3.15. The monoisotopic (exact) mass is 1510 g/mol. The Hall–Kier alpha value is -1.94. The summed E-state index contributed by atoms with van der Waals surface area (Å²) < 4.78 is 3.23. The second kappa shape index (κ2) is 39.9. The molecule has 0 aromatic heterocycles. The topological polar surface area (TPSA) is 142 Å². The summed E-state index contributed by atoms with van der Waals surface area (Å²) in [7, 11) is 0. The van der Waals surface area contributed by atoms with Crippen molar-refractivity contribution in [3.63, 3.8) is 0 Å². The van der Waals surface area contributed by atoms with Crippen LogP contribution in [0.4, 0.5) is 0 Å². The zero-order valence-corrected chi connectivity index (χ0v) is 48.7. The molecule has 4 aromatic rings. The van der Waals surface area contributed by atoms with Crippen molar-refractivity contribution in [1.82, 2.24) is 0 Å². The predicted molar refractivity (Wildman–Crippen MR) is 277 cm³/mol. The van der Waals surface area contributed by atoms with E-state index in [1.54, 1.807) is 73.4 Å². The Bertz CT molecular complexity index is 1750. The predicted octanol–water partition coefficient (Wildman–Crippen LogP) is 13.6. The van der Waals surface area contributed by atoms with Crippen molar-refractivity contribution in [2.45, 2.75) is 128 Å². The van der Waals surface area contributed by atoms with Crippen molar-refractivity contribution in [3.05, 3.63) is 113 Å². The van der Waals surface area contributed by atoms with Gasteiger partial charge in [0.2, 0.25) is 0 Å². The summed E-state index contributed by atoms with van der Waals surface area (Å²) in [5.74, 6) is 0.0348. The van der Waals surface area contributed by atoms with Gasteiger partial charge in [-0.3, -0.25) is 20.0 Å². The summed E-state index contributed by atoms with van der Waals surface area (Å²) in [6.07, 6.45) is 31.3. The molecule has 0 saturated carbocycles. The molecule has 14 heteroatoms. The Balaban J connectivity index is 0.000000641. The maximum absolute atomic E-state index is 11.8. The van der Waals surface area contributed by atoms with Crippen LogP contribution in [-0.4, -0.2) is 51.0 Å². The van der Waals surface area contributed by atoms with Crippen LogP contribution >= 0.6 is 63.7 Å². The van der Waals surface area contributed by atoms with Crippen molar-refractivity contribution in [2.24, 2.45) is 20.0 Å². The van der Waals surface area contributed by atoms with Crippen LogP contribution in [0.3, 0.4) is 0 Å². The molecular weight excluding hydrogens is 1450 g/mol. The Kier molecular flexibility index (Phi) is 37.5. The van der Waals surface area contributed by atoms with E-state index >= 15 is 0 Å². The zero-order valence-electron chi connectivity index (χ0n) is 37.8. The molecule has 0 radical (unpaired) electrons. The fourth-order valence-electron chi connectivity index (χ4n) is 6.75. The molecule has 4 rings (SSSR count). The molecule has 0 saturated heterocycles. The van der Waals surface area contributed by atoms with Crippen molar-refractivity contribution < 1.29 is 62.6 Å². The number of benzene rings is 4. The molecule has 0 atom stereocenters. The number of unbranched alkanes of at least 4 members (excludes halogenated alkanes) is 18. The van der Waals surface area contributed by atoms with E-state index in [0.29, 0.717) is 22.3 Å². The molecule has 0 heterocycles. The Morgan fingerprint density at radius 1 is 0.288 bits per heavy atom. The van der Waals surface area contributed by atoms with Crippen molar-refractivity contribution in [2.75, 3.05) is 26.2 Å². The minimum atomic E-state index is 0. The van der Waals surface area contributed by atoms with Gasteiger partial charge < -0.3 is 20.4 Å². The van der Waals surface area contributed by atoms with Crippen LogP contribution in [-0.2, 0) is 42.1 Å². The van der Waals surface area contributed by atoms with Crippen LogP contribution in [0.25, 0.3) is 0 Å². The molecule has 0 aliphatic rings. The standard InChI is InChI=1S/2C26H34Br2N2O2.2Pt/c2*27-23-13-11-21(25(31)17-23)19-29-15-9-7-5-3-1-2-4-6-8-10-16-30-20-22-12-14-24(28)18-26(22)32;;/h2*11-14,17-20,31-32H,1-10,15-16H2;;/q;;2*+2/p-4. The van der Waals surface area contributed by atoms with Gasteiger partial charge in [-0.2, -0.15) is 0 Å². The van der Waals surface area contributed by atoms with Gasteiger partial charge in [-0.05, 0) is 72.2 Å². The van der Waals surface area contributed by atoms with Crippen molar-refractivity contribution in [3.8, 4) is 23.0 Å². The van der Waals surface area contributed by atoms with E-state index in [1.807, 2.05) is 24.3 Å². The summed E-state index contributed by atoms with van der Waals surface area (Å²) in [4.78, 5) is 17.5. The Labute approximate surface area is 457 Å². The first-order valence-electron chi connectivity index (χ1n) is 23.0. The number of halogens is 4. The van der Waals surface area contributed by atoms with Crippen molar-refractivity contribution >= 4 is 88.6 Å². The van der Waals surface area contributed by atoms with Gasteiger partial charge in [-0.1, -0.05) is 238 Å². The molecule has 364 valence electrons. The maximum atomic E-state index is 11.8. The van der Waals surface area contributed by atoms with Crippen LogP contribution in [0.5, 0.6) is 23.0 Å². The first kappa shape index (κ1) is 62.1. The Morgan fingerprint density at radius 3 is 0.621 bits per heavy atom. The molecule has 66 heavy (non-hydrogen) atoms. The quantitative estimate of drug-likeness (QED) is 0.0378. The van der Waals surface area contributed by atoms with E-state index < -0.39 is 0 Å². The van der Waals surface area contributed by atoms with Crippen LogP contribution in [0.1, 0.15) is 151 Å². The Morgan fingerprint density at radius 2 is 0.455 bits per heavy atom. The summed E-state index contributed by atoms with van der Waals surface area (Å²) in [5.41, 5.74) is 2.62. The van der Waals surface area contributed by atoms with Gasteiger partial charge in [-0.15, -0.1) is 0 Å². The molecule has 0 fully saturated rings. The number of nitrogens with zero attached hydrogens (tertiary/aromatic N) is 4. The van der Waals surface area contributed by atoms with E-state index in [4.69, 9.17) is 0 Å². The first-order chi connectivity index (χ1) is 31.1. The third-order valence-electron chi connectivity index (χ3n) is 10.5. The zero-order chi connectivity index (χ0) is 46.0. The number of rotatable bonds is 30. The van der Waals surface area contributed by atoms with Gasteiger partial charge in [0.05, 0.1) is 0 Å². The maximum Gasteiger partial charge on any atom is 2.00 e. The van der Waals surface area contributed by atoms with Crippen LogP contribution in [0.15, 0.2) is 111 Å². The molecule has 8 nitrogen and oxygen atoms in total. The average Bonchev–Trinajstić information content (AvgIpc) is 3.26. The van der Waals surface area contributed by atoms with Gasteiger partial charge in [-0.25, -0.2) is 0 Å². The normalized spacial score (nSPS) is 11.3. The molecule has 0 amide bonds. The molecule has 0 spiro atoms. The van der Waals surface area contributed by atoms with E-state index in [2.05, 4.69) is 83.7 Å². The second-order valence-corrected chi connectivity index (χ2v) is 19.6. The summed E-state index contributed by atoms with van der Waals surface area (Å²) >= 11 is 13.2. The van der Waals surface area contributed by atoms with Gasteiger partial charge in [0.15, 0.2) is 0 Å². The van der Waals surface area contributed by atoms with Crippen molar-refractivity contribution in [1.29, 1.82) is 0 Å². The van der Waals surface area contributed by atoms with Gasteiger partial charge in [0.25, 0.3) is 0 Å². The minimum Gasteiger partial charge on any atom is -0.872 e. The minimum absolute atomic E-state index is 0. The van der Waals surface area contributed by atoms with Gasteiger partial charge >= 0.3 is 42.1 Å². The molecular formula is C52H64Br4N4O4Pt2. The molecule has 0 aliphatic heterocycles. The van der Waals surface area contributed by atoms with Crippen LogP contribution in [0, 0.1) is 0 Å². The number of hydrogen-bond donors (Lipinski definition) is 0. The van der Waals surface area contributed by atoms with Crippen LogP contribution < -0.4 is 20.4 Å². The van der Waals surface area contributed by atoms with E-state index in [0.717, 1.165) is 69.8 Å². The first-order valence-corrected chi connectivity index (χ1v) is 26.1. The van der Waals surface area contributed by atoms with E-state index in [-0.39, 0.29) is 65.1 Å².